The SMILES string of the molecule is Cc1ccc(/C=C2\CC(=NC(=O)c3cccc(C(F)(F)F)c3)N(C)C2Cc2ccc(C)cc2)cc1. The van der Waals surface area contributed by atoms with E-state index in [2.05, 4.69) is 35.3 Å². The van der Waals surface area contributed by atoms with E-state index in [4.69, 9.17) is 0 Å². The molecule has 3 aromatic rings. The molecule has 1 fully saturated rings. The average molecular weight is 477 g/mol. The van der Waals surface area contributed by atoms with Crippen LogP contribution in [0.3, 0.4) is 0 Å². The highest BCUT2D eigenvalue weighted by molar-refractivity contribution is 6.05. The van der Waals surface area contributed by atoms with Gasteiger partial charge in [0.1, 0.15) is 5.84 Å². The number of amidine groups is 1. The average Bonchev–Trinajstić information content (AvgIpc) is 3.10. The van der Waals surface area contributed by atoms with Crippen molar-refractivity contribution in [1.82, 2.24) is 4.90 Å². The van der Waals surface area contributed by atoms with Crippen molar-refractivity contribution in [2.45, 2.75) is 38.9 Å². The van der Waals surface area contributed by atoms with Crippen molar-refractivity contribution < 1.29 is 18.0 Å². The van der Waals surface area contributed by atoms with E-state index in [1.807, 2.05) is 50.1 Å². The molecule has 1 heterocycles. The lowest BCUT2D eigenvalue weighted by Crippen LogP contribution is -2.31. The lowest BCUT2D eigenvalue weighted by molar-refractivity contribution is -0.137. The fourth-order valence-electron chi connectivity index (χ4n) is 4.22. The molecule has 4 rings (SSSR count). The zero-order valence-corrected chi connectivity index (χ0v) is 19.9. The van der Waals surface area contributed by atoms with Crippen molar-refractivity contribution in [3.8, 4) is 0 Å². The maximum atomic E-state index is 13.1. The number of likely N-dealkylation sites (N-methyl/N-ethyl adjacent to an activating group) is 1. The van der Waals surface area contributed by atoms with Crippen LogP contribution in [0, 0.1) is 13.8 Å². The van der Waals surface area contributed by atoms with Crippen LogP contribution in [0.4, 0.5) is 13.2 Å². The molecule has 1 unspecified atom stereocenters. The van der Waals surface area contributed by atoms with Crippen LogP contribution in [0.1, 0.15) is 44.6 Å². The first kappa shape index (κ1) is 24.5. The predicted octanol–water partition coefficient (Wildman–Crippen LogP) is 6.89. The van der Waals surface area contributed by atoms with E-state index in [1.54, 1.807) is 0 Å². The molecule has 0 radical (unpaired) electrons. The molecule has 0 N–H and O–H groups in total. The largest absolute Gasteiger partial charge is 0.416 e. The molecular formula is C29H27F3N2O. The molecule has 1 atom stereocenters. The third kappa shape index (κ3) is 5.88. The topological polar surface area (TPSA) is 32.7 Å². The molecular weight excluding hydrogens is 449 g/mol. The number of aryl methyl sites for hydroxylation is 2. The van der Waals surface area contributed by atoms with Crippen molar-refractivity contribution in [2.24, 2.45) is 4.99 Å². The van der Waals surface area contributed by atoms with Crippen molar-refractivity contribution in [3.63, 3.8) is 0 Å². The summed E-state index contributed by atoms with van der Waals surface area (Å²) in [4.78, 5) is 19.1. The number of halogens is 3. The summed E-state index contributed by atoms with van der Waals surface area (Å²) in [5, 5.41) is 0. The Bertz CT molecular complexity index is 1270. The van der Waals surface area contributed by atoms with Crippen molar-refractivity contribution in [1.29, 1.82) is 0 Å². The molecule has 0 bridgehead atoms. The minimum atomic E-state index is -4.52. The van der Waals surface area contributed by atoms with Crippen LogP contribution in [-0.2, 0) is 12.6 Å². The van der Waals surface area contributed by atoms with Gasteiger partial charge < -0.3 is 4.90 Å². The highest BCUT2D eigenvalue weighted by Crippen LogP contribution is 2.31. The van der Waals surface area contributed by atoms with Gasteiger partial charge in [0, 0.05) is 19.0 Å². The number of hydrogen-bond donors (Lipinski definition) is 0. The highest BCUT2D eigenvalue weighted by Gasteiger charge is 2.33. The van der Waals surface area contributed by atoms with Crippen LogP contribution in [0.25, 0.3) is 6.08 Å². The van der Waals surface area contributed by atoms with Gasteiger partial charge in [-0.05, 0) is 55.2 Å². The highest BCUT2D eigenvalue weighted by atomic mass is 19.4. The second-order valence-electron chi connectivity index (χ2n) is 9.03. The lowest BCUT2D eigenvalue weighted by atomic mass is 9.97. The van der Waals surface area contributed by atoms with Crippen LogP contribution in [0.2, 0.25) is 0 Å². The summed E-state index contributed by atoms with van der Waals surface area (Å²) in [6, 6.07) is 20.9. The molecule has 1 amide bonds. The molecule has 0 saturated carbocycles. The Hall–Kier alpha value is -3.67. The molecule has 3 nitrogen and oxygen atoms in total. The maximum Gasteiger partial charge on any atom is 0.416 e. The van der Waals surface area contributed by atoms with Gasteiger partial charge in [0.25, 0.3) is 5.91 Å². The number of carbonyl (C=O) groups is 1. The summed E-state index contributed by atoms with van der Waals surface area (Å²) in [5.41, 5.74) is 4.73. The molecule has 180 valence electrons. The summed E-state index contributed by atoms with van der Waals surface area (Å²) < 4.78 is 39.3. The van der Waals surface area contributed by atoms with Crippen LogP contribution < -0.4 is 0 Å². The van der Waals surface area contributed by atoms with Gasteiger partial charge in [-0.15, -0.1) is 0 Å². The Balaban J connectivity index is 1.66. The standard InChI is InChI=1S/C29H27F3N2O/c1-19-7-11-21(12-8-19)15-24-18-27(34(3)26(24)16-22-13-9-20(2)10-14-22)33-28(35)23-5-4-6-25(17-23)29(30,31)32/h4-15,17,26H,16,18H2,1-3H3/b24-15+,33-27?. The van der Waals surface area contributed by atoms with Gasteiger partial charge in [-0.2, -0.15) is 18.2 Å². The lowest BCUT2D eigenvalue weighted by Gasteiger charge is -2.23. The summed E-state index contributed by atoms with van der Waals surface area (Å²) in [6.07, 6.45) is -1.22. The fourth-order valence-corrected chi connectivity index (χ4v) is 4.22. The Morgan fingerprint density at radius 1 is 1.00 bits per heavy atom. The second-order valence-corrected chi connectivity index (χ2v) is 9.03. The van der Waals surface area contributed by atoms with Gasteiger partial charge in [0.2, 0.25) is 0 Å². The Morgan fingerprint density at radius 3 is 2.26 bits per heavy atom. The molecule has 6 heteroatoms. The molecule has 3 aromatic carbocycles. The van der Waals surface area contributed by atoms with Gasteiger partial charge in [-0.3, -0.25) is 4.79 Å². The van der Waals surface area contributed by atoms with Crippen molar-refractivity contribution in [2.75, 3.05) is 7.05 Å². The second kappa shape index (κ2) is 9.90. The number of nitrogens with zero attached hydrogens (tertiary/aromatic N) is 2. The molecule has 35 heavy (non-hydrogen) atoms. The quantitative estimate of drug-likeness (QED) is 0.411. The van der Waals surface area contributed by atoms with E-state index < -0.39 is 17.6 Å². The van der Waals surface area contributed by atoms with Crippen LogP contribution in [0.15, 0.2) is 83.4 Å². The molecule has 0 aliphatic carbocycles. The maximum absolute atomic E-state index is 13.1. The summed E-state index contributed by atoms with van der Waals surface area (Å²) in [5.74, 6) is -0.133. The molecule has 0 aromatic heterocycles. The normalized spacial score (nSPS) is 18.5. The number of hydrogen-bond acceptors (Lipinski definition) is 1. The number of carbonyl (C=O) groups excluding carboxylic acids is 1. The van der Waals surface area contributed by atoms with E-state index in [0.717, 1.165) is 35.3 Å². The number of rotatable bonds is 4. The summed E-state index contributed by atoms with van der Waals surface area (Å²) >= 11 is 0. The van der Waals surface area contributed by atoms with Crippen LogP contribution in [0.5, 0.6) is 0 Å². The van der Waals surface area contributed by atoms with Gasteiger partial charge in [-0.25, -0.2) is 0 Å². The Kier molecular flexibility index (Phi) is 6.92. The van der Waals surface area contributed by atoms with Crippen LogP contribution >= 0.6 is 0 Å². The molecule has 1 aliphatic rings. The number of amides is 1. The first-order valence-electron chi connectivity index (χ1n) is 11.4. The predicted molar refractivity (Wildman–Crippen MR) is 133 cm³/mol. The molecule has 1 aliphatic heterocycles. The number of likely N-dealkylation sites (tertiary alicyclic amines) is 1. The van der Waals surface area contributed by atoms with Crippen molar-refractivity contribution >= 4 is 17.8 Å². The minimum Gasteiger partial charge on any atom is -0.356 e. The van der Waals surface area contributed by atoms with E-state index in [1.165, 1.54) is 23.3 Å². The summed E-state index contributed by atoms with van der Waals surface area (Å²) in [6.45, 7) is 4.07. The third-order valence-corrected chi connectivity index (χ3v) is 6.31. The molecule has 0 spiro atoms. The van der Waals surface area contributed by atoms with E-state index in [-0.39, 0.29) is 11.6 Å². The molecule has 1 saturated heterocycles. The zero-order valence-electron chi connectivity index (χ0n) is 19.9. The van der Waals surface area contributed by atoms with E-state index in [9.17, 15) is 18.0 Å². The Labute approximate surface area is 203 Å². The number of aliphatic imine (C=N–C) groups is 1. The van der Waals surface area contributed by atoms with Crippen molar-refractivity contribution in [3.05, 3.63) is 112 Å². The summed E-state index contributed by atoms with van der Waals surface area (Å²) in [7, 11) is 1.88. The fraction of sp³-hybridized carbons (Fsp3) is 0.241. The number of alkyl halides is 3. The van der Waals surface area contributed by atoms with Gasteiger partial charge >= 0.3 is 6.18 Å². The Morgan fingerprint density at radius 2 is 1.63 bits per heavy atom. The first-order valence-corrected chi connectivity index (χ1v) is 11.4. The first-order chi connectivity index (χ1) is 16.6. The third-order valence-electron chi connectivity index (χ3n) is 6.31. The monoisotopic (exact) mass is 476 g/mol. The smallest absolute Gasteiger partial charge is 0.356 e. The van der Waals surface area contributed by atoms with E-state index >= 15 is 0 Å². The van der Waals surface area contributed by atoms with E-state index in [0.29, 0.717) is 12.3 Å². The zero-order chi connectivity index (χ0) is 25.2. The number of benzene rings is 3. The van der Waals surface area contributed by atoms with Crippen LogP contribution in [-0.4, -0.2) is 29.7 Å². The van der Waals surface area contributed by atoms with Gasteiger partial charge in [0.05, 0.1) is 11.6 Å². The minimum absolute atomic E-state index is 0.0212. The van der Waals surface area contributed by atoms with Gasteiger partial charge in [-0.1, -0.05) is 71.8 Å². The van der Waals surface area contributed by atoms with Gasteiger partial charge in [0.15, 0.2) is 0 Å².